The van der Waals surface area contributed by atoms with Gasteiger partial charge in [0.25, 0.3) is 0 Å². The van der Waals surface area contributed by atoms with Gasteiger partial charge >= 0.3 is 5.97 Å². The van der Waals surface area contributed by atoms with Crippen molar-refractivity contribution in [2.75, 3.05) is 6.61 Å². The predicted molar refractivity (Wildman–Crippen MR) is 268 cm³/mol. The summed E-state index contributed by atoms with van der Waals surface area (Å²) < 4.78 is 24.2. The smallest absolute Gasteiger partial charge is 0.306 e. The molecule has 0 aromatic heterocycles. The molecule has 5 fully saturated rings. The fraction of sp³-hybridized carbons (Fsp3) is 0.947. The number of fused-ring (bicyclic) bond motifs is 5. The highest BCUT2D eigenvalue weighted by molar-refractivity contribution is 5.69. The Kier molecular flexibility index (Phi) is 21.8. The maximum atomic E-state index is 13.0. The molecular formula is C57H100O12. The van der Waals surface area contributed by atoms with Crippen LogP contribution >= 0.6 is 0 Å². The summed E-state index contributed by atoms with van der Waals surface area (Å²) in [4.78, 5) is 13.0. The van der Waals surface area contributed by atoms with Crippen molar-refractivity contribution in [1.29, 1.82) is 0 Å². The van der Waals surface area contributed by atoms with E-state index >= 15 is 0 Å². The molecule has 400 valence electrons. The molecule has 0 aromatic rings. The molecule has 1 aliphatic heterocycles. The van der Waals surface area contributed by atoms with Crippen LogP contribution in [0.1, 0.15) is 209 Å². The second-order valence-corrected chi connectivity index (χ2v) is 24.2. The van der Waals surface area contributed by atoms with E-state index in [1.807, 2.05) is 0 Å². The lowest BCUT2D eigenvalue weighted by Crippen LogP contribution is -2.66. The van der Waals surface area contributed by atoms with Crippen LogP contribution in [0.5, 0.6) is 0 Å². The highest BCUT2D eigenvalue weighted by Gasteiger charge is 2.60. The molecule has 7 N–H and O–H groups in total. The standard InChI is InChI=1S/C57H100O12/c1-8-10-11-12-13-14-15-16-17-18-19-20-21-22-45(58)69-54-51(64)49(62)48(61)50(63)53(54)66-34-44-46(59)47(60)52(65)55(68-44)67-39-29-31-56(6)38(33-39)25-26-40-42-28-27-41(57(42,7)32-30-43(40)56)36(5)23-24-37(9-2)35(3)4/h25,35-37,39-44,46-55,59-65H,8-24,26-34H2,1-7H3. The molecule has 69 heavy (non-hydrogen) atoms. The Bertz CT molecular complexity index is 1580. The van der Waals surface area contributed by atoms with Gasteiger partial charge in [-0.2, -0.15) is 0 Å². The van der Waals surface area contributed by atoms with Crippen LogP contribution in [0, 0.1) is 52.3 Å². The van der Waals surface area contributed by atoms with Gasteiger partial charge in [0.05, 0.1) is 12.7 Å². The van der Waals surface area contributed by atoms with Crippen molar-refractivity contribution in [3.8, 4) is 0 Å². The van der Waals surface area contributed by atoms with Crippen LogP contribution in [0.25, 0.3) is 0 Å². The summed E-state index contributed by atoms with van der Waals surface area (Å²) in [5.74, 6) is 4.54. The third-order valence-electron chi connectivity index (χ3n) is 19.5. The Balaban J connectivity index is 0.987. The molecule has 6 aliphatic rings. The minimum atomic E-state index is -1.81. The van der Waals surface area contributed by atoms with Crippen molar-refractivity contribution in [2.24, 2.45) is 52.3 Å². The van der Waals surface area contributed by atoms with E-state index in [2.05, 4.69) is 54.5 Å². The lowest BCUT2D eigenvalue weighted by Gasteiger charge is -2.58. The van der Waals surface area contributed by atoms with Crippen LogP contribution < -0.4 is 0 Å². The van der Waals surface area contributed by atoms with E-state index in [4.69, 9.17) is 18.9 Å². The topological polar surface area (TPSA) is 196 Å². The van der Waals surface area contributed by atoms with Crippen LogP contribution in [-0.2, 0) is 23.7 Å². The zero-order valence-electron chi connectivity index (χ0n) is 44.1. The van der Waals surface area contributed by atoms with Crippen molar-refractivity contribution in [1.82, 2.24) is 0 Å². The summed E-state index contributed by atoms with van der Waals surface area (Å²) in [7, 11) is 0. The van der Waals surface area contributed by atoms with E-state index in [0.717, 1.165) is 68.1 Å². The average molecular weight is 977 g/mol. The van der Waals surface area contributed by atoms with Crippen molar-refractivity contribution in [2.45, 2.75) is 282 Å². The van der Waals surface area contributed by atoms with Crippen LogP contribution in [-0.4, -0.2) is 122 Å². The number of carbonyl (C=O) groups is 1. The highest BCUT2D eigenvalue weighted by atomic mass is 16.7. The molecule has 1 saturated heterocycles. The van der Waals surface area contributed by atoms with Crippen molar-refractivity contribution >= 4 is 5.97 Å². The Morgan fingerprint density at radius 2 is 1.30 bits per heavy atom. The first kappa shape index (κ1) is 57.1. The summed E-state index contributed by atoms with van der Waals surface area (Å²) in [6.07, 6.45) is 12.6. The van der Waals surface area contributed by atoms with E-state index < -0.39 is 79.9 Å². The van der Waals surface area contributed by atoms with E-state index in [1.54, 1.807) is 0 Å². The van der Waals surface area contributed by atoms with E-state index in [0.29, 0.717) is 30.1 Å². The number of carbonyl (C=O) groups excluding carboxylic acids is 1. The molecule has 0 amide bonds. The molecule has 0 aromatic carbocycles. The number of unbranched alkanes of at least 4 members (excludes halogenated alkanes) is 12. The number of hydrogen-bond donors (Lipinski definition) is 7. The monoisotopic (exact) mass is 977 g/mol. The number of allylic oxidation sites excluding steroid dienone is 1. The molecule has 0 bridgehead atoms. The number of esters is 1. The maximum absolute atomic E-state index is 13.0. The van der Waals surface area contributed by atoms with Crippen LogP contribution in [0.2, 0.25) is 0 Å². The maximum Gasteiger partial charge on any atom is 0.306 e. The first-order chi connectivity index (χ1) is 33.0. The zero-order chi connectivity index (χ0) is 50.0. The SMILES string of the molecule is CCCCCCCCCCCCCCCC(=O)OC1C(O)C(O)C(O)C(O)C1OCC1OC(OC2CCC3(C)C(=CCC4C3CCC3(C)C(C(C)CCC(CC)C(C)C)CCC43)C2)C(O)C(O)C1O. The summed E-state index contributed by atoms with van der Waals surface area (Å²) >= 11 is 0. The number of hydrogen-bond acceptors (Lipinski definition) is 12. The summed E-state index contributed by atoms with van der Waals surface area (Å²) in [5, 5.41) is 76.4. The number of aliphatic hydroxyl groups is 7. The van der Waals surface area contributed by atoms with Crippen LogP contribution in [0.4, 0.5) is 0 Å². The first-order valence-electron chi connectivity index (χ1n) is 28.5. The Morgan fingerprint density at radius 3 is 1.93 bits per heavy atom. The molecule has 12 nitrogen and oxygen atoms in total. The lowest BCUT2D eigenvalue weighted by atomic mass is 9.47. The fourth-order valence-corrected chi connectivity index (χ4v) is 15.0. The van der Waals surface area contributed by atoms with Crippen molar-refractivity contribution in [3.63, 3.8) is 0 Å². The molecule has 4 saturated carbocycles. The molecule has 20 atom stereocenters. The summed E-state index contributed by atoms with van der Waals surface area (Å²) in [6, 6.07) is 0. The van der Waals surface area contributed by atoms with Crippen molar-refractivity contribution in [3.05, 3.63) is 11.6 Å². The second-order valence-electron chi connectivity index (χ2n) is 24.2. The van der Waals surface area contributed by atoms with Gasteiger partial charge in [0, 0.05) is 6.42 Å². The van der Waals surface area contributed by atoms with E-state index in [9.17, 15) is 40.5 Å². The van der Waals surface area contributed by atoms with Gasteiger partial charge in [-0.25, -0.2) is 0 Å². The molecule has 6 rings (SSSR count). The molecule has 5 aliphatic carbocycles. The number of ether oxygens (including phenoxy) is 4. The Hall–Kier alpha value is -1.19. The highest BCUT2D eigenvalue weighted by Crippen LogP contribution is 2.67. The lowest BCUT2D eigenvalue weighted by molar-refractivity contribution is -0.320. The molecule has 0 radical (unpaired) electrons. The molecule has 0 spiro atoms. The largest absolute Gasteiger partial charge is 0.457 e. The van der Waals surface area contributed by atoms with Gasteiger partial charge in [0.2, 0.25) is 0 Å². The van der Waals surface area contributed by atoms with Gasteiger partial charge in [0.1, 0.15) is 54.9 Å². The van der Waals surface area contributed by atoms with Gasteiger partial charge in [-0.1, -0.05) is 150 Å². The van der Waals surface area contributed by atoms with Crippen molar-refractivity contribution < 1.29 is 59.5 Å². The van der Waals surface area contributed by atoms with Gasteiger partial charge in [-0.3, -0.25) is 4.79 Å². The number of aliphatic hydroxyl groups excluding tert-OH is 7. The molecular weight excluding hydrogens is 877 g/mol. The quantitative estimate of drug-likeness (QED) is 0.0247. The van der Waals surface area contributed by atoms with Gasteiger partial charge in [-0.05, 0) is 116 Å². The average Bonchev–Trinajstić information content (AvgIpc) is 3.69. The van der Waals surface area contributed by atoms with Gasteiger partial charge < -0.3 is 54.7 Å². The minimum Gasteiger partial charge on any atom is -0.457 e. The normalized spacial score (nSPS) is 40.9. The summed E-state index contributed by atoms with van der Waals surface area (Å²) in [6.45, 7) is 16.5. The fourth-order valence-electron chi connectivity index (χ4n) is 15.0. The van der Waals surface area contributed by atoms with E-state index in [1.165, 1.54) is 108 Å². The Morgan fingerprint density at radius 1 is 0.696 bits per heavy atom. The second kappa shape index (κ2) is 26.3. The summed E-state index contributed by atoms with van der Waals surface area (Å²) in [5.41, 5.74) is 1.89. The molecule has 20 unspecified atom stereocenters. The zero-order valence-corrected chi connectivity index (χ0v) is 44.1. The first-order valence-corrected chi connectivity index (χ1v) is 28.5. The third kappa shape index (κ3) is 13.6. The van der Waals surface area contributed by atoms with E-state index in [-0.39, 0.29) is 17.9 Å². The molecule has 1 heterocycles. The van der Waals surface area contributed by atoms with Gasteiger partial charge in [0.15, 0.2) is 12.4 Å². The van der Waals surface area contributed by atoms with Gasteiger partial charge in [-0.15, -0.1) is 0 Å². The third-order valence-corrected chi connectivity index (χ3v) is 19.5. The number of rotatable bonds is 26. The molecule has 12 heteroatoms. The Labute approximate surface area is 417 Å². The van der Waals surface area contributed by atoms with Crippen LogP contribution in [0.3, 0.4) is 0 Å². The predicted octanol–water partition coefficient (Wildman–Crippen LogP) is 9.09. The van der Waals surface area contributed by atoms with Crippen LogP contribution in [0.15, 0.2) is 11.6 Å². The minimum absolute atomic E-state index is 0.0759.